The molecule has 1 aromatic carbocycles. The first-order chi connectivity index (χ1) is 9.24. The van der Waals surface area contributed by atoms with Crippen LogP contribution in [0.25, 0.3) is 32.4 Å². The zero-order valence-electron chi connectivity index (χ0n) is 9.78. The van der Waals surface area contributed by atoms with Gasteiger partial charge in [0, 0.05) is 17.0 Å². The molecule has 0 N–H and O–H groups in total. The van der Waals surface area contributed by atoms with Crippen molar-refractivity contribution < 1.29 is 13.6 Å². The van der Waals surface area contributed by atoms with Gasteiger partial charge in [-0.2, -0.15) is 0 Å². The molecule has 0 unspecified atom stereocenters. The molecule has 2 heterocycles. The number of methoxy groups -OCH3 is 1. The topological polar surface area (TPSA) is 101 Å². The molecule has 7 nitrogen and oxygen atoms in total. The summed E-state index contributed by atoms with van der Waals surface area (Å²) in [6.07, 6.45) is 1.50. The van der Waals surface area contributed by atoms with Crippen LogP contribution in [0.3, 0.4) is 0 Å². The van der Waals surface area contributed by atoms with E-state index >= 15 is 0 Å². The van der Waals surface area contributed by atoms with Gasteiger partial charge in [0.1, 0.15) is 16.9 Å². The second kappa shape index (κ2) is 4.08. The number of furan rings is 1. The molecule has 0 radical (unpaired) electrons. The summed E-state index contributed by atoms with van der Waals surface area (Å²) in [5.41, 5.74) is 8.89. The molecule has 0 spiro atoms. The Morgan fingerprint density at radius 2 is 2.21 bits per heavy atom. The summed E-state index contributed by atoms with van der Waals surface area (Å²) >= 11 is 0. The molecule has 94 valence electrons. The van der Waals surface area contributed by atoms with Gasteiger partial charge in [-0.25, -0.2) is 4.79 Å². The third-order valence-corrected chi connectivity index (χ3v) is 2.75. The summed E-state index contributed by atoms with van der Waals surface area (Å²) in [5.74, 6) is 0.437. The number of ether oxygens (including phenoxy) is 1. The van der Waals surface area contributed by atoms with Crippen LogP contribution in [0.1, 0.15) is 0 Å². The Morgan fingerprint density at radius 3 is 2.95 bits per heavy atom. The van der Waals surface area contributed by atoms with E-state index in [1.54, 1.807) is 12.1 Å². The van der Waals surface area contributed by atoms with E-state index < -0.39 is 5.63 Å². The number of nitrogens with zero attached hydrogens (tertiary/aromatic N) is 3. The SMILES string of the molecule is COc1c2ccoc2cc2oc(=O)cc(N=[N+]=[N-])c12. The molecule has 0 aliphatic heterocycles. The van der Waals surface area contributed by atoms with Crippen LogP contribution in [0.2, 0.25) is 0 Å². The Bertz CT molecular complexity index is 887. The molecule has 2 aromatic heterocycles. The summed E-state index contributed by atoms with van der Waals surface area (Å²) in [5, 5.41) is 4.65. The van der Waals surface area contributed by atoms with Crippen LogP contribution in [-0.4, -0.2) is 7.11 Å². The minimum absolute atomic E-state index is 0.161. The molecule has 0 fully saturated rings. The van der Waals surface area contributed by atoms with Crippen molar-refractivity contribution in [2.24, 2.45) is 5.11 Å². The number of azide groups is 1. The molecule has 7 heteroatoms. The van der Waals surface area contributed by atoms with Crippen LogP contribution in [0.5, 0.6) is 5.75 Å². The first-order valence-electron chi connectivity index (χ1n) is 5.31. The highest BCUT2D eigenvalue weighted by molar-refractivity contribution is 6.05. The number of benzene rings is 1. The van der Waals surface area contributed by atoms with E-state index in [4.69, 9.17) is 19.1 Å². The summed E-state index contributed by atoms with van der Waals surface area (Å²) in [6, 6.07) is 4.40. The normalized spacial score (nSPS) is 10.6. The zero-order valence-corrected chi connectivity index (χ0v) is 9.78. The van der Waals surface area contributed by atoms with Crippen molar-refractivity contribution in [3.63, 3.8) is 0 Å². The Kier molecular flexibility index (Phi) is 2.40. The van der Waals surface area contributed by atoms with Crippen LogP contribution in [0.15, 0.2) is 43.2 Å². The molecule has 0 saturated carbocycles. The first kappa shape index (κ1) is 11.2. The number of hydrogen-bond donors (Lipinski definition) is 0. The van der Waals surface area contributed by atoms with Gasteiger partial charge < -0.3 is 13.6 Å². The van der Waals surface area contributed by atoms with Crippen molar-refractivity contribution in [2.75, 3.05) is 7.11 Å². The fourth-order valence-electron chi connectivity index (χ4n) is 2.04. The second-order valence-corrected chi connectivity index (χ2v) is 3.76. The molecule has 19 heavy (non-hydrogen) atoms. The fraction of sp³-hybridized carbons (Fsp3) is 0.0833. The molecule has 0 amide bonds. The Hall–Kier alpha value is -2.92. The van der Waals surface area contributed by atoms with Crippen molar-refractivity contribution in [2.45, 2.75) is 0 Å². The fourth-order valence-corrected chi connectivity index (χ4v) is 2.04. The maximum absolute atomic E-state index is 11.4. The van der Waals surface area contributed by atoms with Crippen LogP contribution in [0.4, 0.5) is 5.69 Å². The van der Waals surface area contributed by atoms with E-state index in [0.717, 1.165) is 6.07 Å². The first-order valence-corrected chi connectivity index (χ1v) is 5.31. The molecule has 0 saturated heterocycles. The van der Waals surface area contributed by atoms with E-state index in [1.807, 2.05) is 0 Å². The van der Waals surface area contributed by atoms with E-state index in [2.05, 4.69) is 10.0 Å². The number of hydrogen-bond acceptors (Lipinski definition) is 5. The van der Waals surface area contributed by atoms with Gasteiger partial charge in [0.15, 0.2) is 0 Å². The standard InChI is InChI=1S/C12H7N3O4/c1-17-12-6-2-3-18-8(6)5-9-11(12)7(14-15-13)4-10(16)19-9/h2-5H,1H3. The summed E-state index contributed by atoms with van der Waals surface area (Å²) in [6.45, 7) is 0. The monoisotopic (exact) mass is 257 g/mol. The van der Waals surface area contributed by atoms with Gasteiger partial charge in [0.2, 0.25) is 0 Å². The lowest BCUT2D eigenvalue weighted by molar-refractivity contribution is 0.423. The van der Waals surface area contributed by atoms with Crippen LogP contribution >= 0.6 is 0 Å². The third kappa shape index (κ3) is 1.61. The summed E-state index contributed by atoms with van der Waals surface area (Å²) in [4.78, 5) is 14.1. The Morgan fingerprint density at radius 1 is 1.37 bits per heavy atom. The van der Waals surface area contributed by atoms with Gasteiger partial charge >= 0.3 is 5.63 Å². The highest BCUT2D eigenvalue weighted by Gasteiger charge is 2.15. The minimum Gasteiger partial charge on any atom is -0.495 e. The van der Waals surface area contributed by atoms with Gasteiger partial charge in [-0.1, -0.05) is 5.11 Å². The summed E-state index contributed by atoms with van der Waals surface area (Å²) in [7, 11) is 1.48. The molecule has 0 aliphatic rings. The third-order valence-electron chi connectivity index (χ3n) is 2.75. The van der Waals surface area contributed by atoms with E-state index in [0.29, 0.717) is 22.1 Å². The number of fused-ring (bicyclic) bond motifs is 2. The lowest BCUT2D eigenvalue weighted by Crippen LogP contribution is -1.97. The average molecular weight is 257 g/mol. The Balaban J connectivity index is 2.62. The highest BCUT2D eigenvalue weighted by Crippen LogP contribution is 2.39. The molecular weight excluding hydrogens is 250 g/mol. The highest BCUT2D eigenvalue weighted by atomic mass is 16.5. The molecule has 0 aliphatic carbocycles. The lowest BCUT2D eigenvalue weighted by Gasteiger charge is -2.07. The molecular formula is C12H7N3O4. The Labute approximate surface area is 105 Å². The lowest BCUT2D eigenvalue weighted by atomic mass is 10.1. The summed E-state index contributed by atoms with van der Waals surface area (Å²) < 4.78 is 15.7. The van der Waals surface area contributed by atoms with Gasteiger partial charge in [-0.05, 0) is 11.6 Å². The molecule has 3 rings (SSSR count). The van der Waals surface area contributed by atoms with Gasteiger partial charge in [0.05, 0.1) is 29.8 Å². The molecule has 0 bridgehead atoms. The maximum Gasteiger partial charge on any atom is 0.336 e. The van der Waals surface area contributed by atoms with Gasteiger partial charge in [0.25, 0.3) is 0 Å². The molecule has 3 aromatic rings. The predicted molar refractivity (Wildman–Crippen MR) is 67.6 cm³/mol. The van der Waals surface area contributed by atoms with Crippen LogP contribution in [0, 0.1) is 0 Å². The van der Waals surface area contributed by atoms with Gasteiger partial charge in [-0.3, -0.25) is 0 Å². The van der Waals surface area contributed by atoms with Crippen molar-refractivity contribution >= 4 is 27.6 Å². The second-order valence-electron chi connectivity index (χ2n) is 3.76. The van der Waals surface area contributed by atoms with Crippen LogP contribution < -0.4 is 10.4 Å². The number of rotatable bonds is 2. The van der Waals surface area contributed by atoms with E-state index in [1.165, 1.54) is 13.4 Å². The molecule has 0 atom stereocenters. The zero-order chi connectivity index (χ0) is 13.4. The van der Waals surface area contributed by atoms with Crippen molar-refractivity contribution in [3.05, 3.63) is 45.3 Å². The maximum atomic E-state index is 11.4. The minimum atomic E-state index is -0.608. The van der Waals surface area contributed by atoms with E-state index in [-0.39, 0.29) is 11.3 Å². The quantitative estimate of drug-likeness (QED) is 0.303. The van der Waals surface area contributed by atoms with Crippen molar-refractivity contribution in [1.82, 2.24) is 0 Å². The predicted octanol–water partition coefficient (Wildman–Crippen LogP) is 3.49. The van der Waals surface area contributed by atoms with E-state index in [9.17, 15) is 4.79 Å². The van der Waals surface area contributed by atoms with Gasteiger partial charge in [-0.15, -0.1) is 0 Å². The van der Waals surface area contributed by atoms with Crippen molar-refractivity contribution in [1.29, 1.82) is 0 Å². The van der Waals surface area contributed by atoms with Crippen molar-refractivity contribution in [3.8, 4) is 5.75 Å². The van der Waals surface area contributed by atoms with Crippen LogP contribution in [-0.2, 0) is 0 Å². The smallest absolute Gasteiger partial charge is 0.336 e. The average Bonchev–Trinajstić information content (AvgIpc) is 2.84. The largest absolute Gasteiger partial charge is 0.495 e.